The van der Waals surface area contributed by atoms with Crippen LogP contribution >= 0.6 is 25.3 Å². The minimum absolute atomic E-state index is 0.00798. The fourth-order valence-electron chi connectivity index (χ4n) is 2.36. The van der Waals surface area contributed by atoms with E-state index in [0.29, 0.717) is 11.7 Å². The second kappa shape index (κ2) is 20.3. The molecule has 0 fully saturated rings. The lowest BCUT2D eigenvalue weighted by Gasteiger charge is -2.19. The number of thiol groups is 2. The number of ketones is 2. The number of methoxy groups -OCH3 is 1. The van der Waals surface area contributed by atoms with Crippen LogP contribution in [-0.4, -0.2) is 47.2 Å². The Morgan fingerprint density at radius 1 is 0.938 bits per heavy atom. The molecule has 0 aliphatic carbocycles. The van der Waals surface area contributed by atoms with E-state index in [-0.39, 0.29) is 28.8 Å². The molecule has 184 valence electrons. The third kappa shape index (κ3) is 17.3. The highest BCUT2D eigenvalue weighted by atomic mass is 32.1. The highest BCUT2D eigenvalue weighted by Gasteiger charge is 2.22. The summed E-state index contributed by atoms with van der Waals surface area (Å²) < 4.78 is 4.77. The predicted octanol–water partition coefficient (Wildman–Crippen LogP) is 5.12. The van der Waals surface area contributed by atoms with E-state index in [1.807, 2.05) is 37.3 Å². The number of rotatable bonds is 11. The molecule has 0 saturated heterocycles. The minimum atomic E-state index is -0.455. The molecule has 0 aliphatic heterocycles. The van der Waals surface area contributed by atoms with E-state index >= 15 is 0 Å². The molecule has 0 heterocycles. The van der Waals surface area contributed by atoms with Gasteiger partial charge in [-0.1, -0.05) is 51.1 Å². The molecule has 1 aromatic carbocycles. The summed E-state index contributed by atoms with van der Waals surface area (Å²) in [5.74, 6) is -0.163. The minimum Gasteiger partial charge on any atom is -0.468 e. The average Bonchev–Trinajstić information content (AvgIpc) is 2.81. The van der Waals surface area contributed by atoms with E-state index in [2.05, 4.69) is 44.4 Å². The van der Waals surface area contributed by atoms with Gasteiger partial charge in [0.15, 0.2) is 0 Å². The van der Waals surface area contributed by atoms with E-state index in [1.54, 1.807) is 13.8 Å². The number of benzene rings is 1. The number of hydrogen-bond acceptors (Lipinski definition) is 7. The number of carbonyl (C=O) groups excluding carboxylic acids is 3. The first-order valence-corrected chi connectivity index (χ1v) is 12.3. The van der Waals surface area contributed by atoms with E-state index in [4.69, 9.17) is 4.74 Å². The summed E-state index contributed by atoms with van der Waals surface area (Å²) in [4.78, 5) is 33.2. The lowest BCUT2D eigenvalue weighted by molar-refractivity contribution is -0.143. The largest absolute Gasteiger partial charge is 0.468 e. The van der Waals surface area contributed by atoms with Gasteiger partial charge in [0.25, 0.3) is 0 Å². The van der Waals surface area contributed by atoms with Gasteiger partial charge in [-0.15, -0.1) is 0 Å². The van der Waals surface area contributed by atoms with Crippen molar-refractivity contribution in [3.63, 3.8) is 0 Å². The third-order valence-corrected chi connectivity index (χ3v) is 6.37. The molecule has 3 unspecified atom stereocenters. The van der Waals surface area contributed by atoms with Crippen molar-refractivity contribution in [2.45, 2.75) is 96.2 Å². The monoisotopic (exact) mass is 485 g/mol. The van der Waals surface area contributed by atoms with Crippen molar-refractivity contribution in [2.75, 3.05) is 7.11 Å². The highest BCUT2D eigenvalue weighted by molar-refractivity contribution is 7.81. The number of ether oxygens (including phenoxy) is 1. The van der Waals surface area contributed by atoms with Gasteiger partial charge in [0, 0.05) is 5.25 Å². The van der Waals surface area contributed by atoms with Gasteiger partial charge in [0.05, 0.1) is 18.4 Å². The average molecular weight is 486 g/mol. The lowest BCUT2D eigenvalue weighted by atomic mass is 10.0. The number of aryl methyl sites for hydroxylation is 1. The Morgan fingerprint density at radius 2 is 1.47 bits per heavy atom. The molecule has 1 N–H and O–H groups in total. The van der Waals surface area contributed by atoms with Crippen LogP contribution in [0.5, 0.6) is 0 Å². The Balaban J connectivity index is 0. The first-order chi connectivity index (χ1) is 15.0. The molecule has 1 rings (SSSR count). The Labute approximate surface area is 206 Å². The molecule has 0 aliphatic rings. The normalized spacial score (nSPS) is 12.9. The molecule has 1 aromatic rings. The standard InChI is InChI=1S/C15H21NO3.C5H10OS.C5H12S/c1-11(12(2)17)16-14(15(18)19-3)10-9-13-7-5-4-6-8-13;1-3-5(7)4(2)6;1-3-5(6)4-2/h4-8,11,14,16H,9-10H2,1-3H3;5,7H,3H2,1-2H3;5-6H,3-4H2,1-2H3. The summed E-state index contributed by atoms with van der Waals surface area (Å²) in [5.41, 5.74) is 1.16. The maximum absolute atomic E-state index is 11.7. The summed E-state index contributed by atoms with van der Waals surface area (Å²) in [5, 5.41) is 3.60. The summed E-state index contributed by atoms with van der Waals surface area (Å²) in [6.45, 7) is 11.1. The van der Waals surface area contributed by atoms with Crippen molar-refractivity contribution in [3.8, 4) is 0 Å². The SMILES string of the molecule is CCC(S)C(C)=O.CCC(S)CC.COC(=O)C(CCc1ccccc1)NC(C)C(C)=O. The molecular formula is C25H43NO4S2. The molecule has 0 bridgehead atoms. The fourth-order valence-corrected chi connectivity index (χ4v) is 2.36. The van der Waals surface area contributed by atoms with Crippen molar-refractivity contribution >= 4 is 42.8 Å². The van der Waals surface area contributed by atoms with E-state index in [0.717, 1.165) is 18.4 Å². The van der Waals surface area contributed by atoms with Crippen LogP contribution in [0.25, 0.3) is 0 Å². The van der Waals surface area contributed by atoms with Crippen molar-refractivity contribution in [3.05, 3.63) is 35.9 Å². The summed E-state index contributed by atoms with van der Waals surface area (Å²) in [6, 6.07) is 9.12. The number of nitrogens with one attached hydrogen (secondary N) is 1. The maximum atomic E-state index is 11.7. The van der Waals surface area contributed by atoms with Crippen molar-refractivity contribution in [1.82, 2.24) is 5.32 Å². The Kier molecular flexibility index (Phi) is 20.9. The van der Waals surface area contributed by atoms with Crippen LogP contribution in [0.15, 0.2) is 30.3 Å². The lowest BCUT2D eigenvalue weighted by Crippen LogP contribution is -2.45. The summed E-state index contributed by atoms with van der Waals surface area (Å²) in [6.07, 6.45) is 4.59. The smallest absolute Gasteiger partial charge is 0.322 e. The van der Waals surface area contributed by atoms with Crippen LogP contribution in [0.3, 0.4) is 0 Å². The van der Waals surface area contributed by atoms with Crippen LogP contribution in [0, 0.1) is 0 Å². The van der Waals surface area contributed by atoms with Gasteiger partial charge in [-0.25, -0.2) is 0 Å². The quantitative estimate of drug-likeness (QED) is 0.300. The molecule has 32 heavy (non-hydrogen) atoms. The first kappa shape index (κ1) is 32.9. The Bertz CT molecular complexity index is 636. The molecule has 0 spiro atoms. The number of Topliss-reactive ketones (excluding diaryl/α,β-unsaturated/α-hetero) is 2. The van der Waals surface area contributed by atoms with E-state index in [9.17, 15) is 14.4 Å². The van der Waals surface area contributed by atoms with Crippen LogP contribution in [-0.2, 0) is 25.5 Å². The summed E-state index contributed by atoms with van der Waals surface area (Å²) in [7, 11) is 1.36. The zero-order valence-corrected chi connectivity index (χ0v) is 22.5. The van der Waals surface area contributed by atoms with Crippen LogP contribution in [0.1, 0.15) is 72.8 Å². The molecule has 7 heteroatoms. The maximum Gasteiger partial charge on any atom is 0.322 e. The molecule has 5 nitrogen and oxygen atoms in total. The molecular weight excluding hydrogens is 442 g/mol. The number of hydrogen-bond donors (Lipinski definition) is 3. The number of carbonyl (C=O) groups is 3. The van der Waals surface area contributed by atoms with Gasteiger partial charge in [0.1, 0.15) is 17.6 Å². The molecule has 0 aromatic heterocycles. The number of esters is 1. The van der Waals surface area contributed by atoms with Crippen molar-refractivity contribution < 1.29 is 19.1 Å². The van der Waals surface area contributed by atoms with Gasteiger partial charge < -0.3 is 4.74 Å². The second-order valence-corrected chi connectivity index (χ2v) is 8.96. The molecule has 0 radical (unpaired) electrons. The van der Waals surface area contributed by atoms with E-state index in [1.165, 1.54) is 26.9 Å². The third-order valence-electron chi connectivity index (χ3n) is 4.91. The molecule has 3 atom stereocenters. The fraction of sp³-hybridized carbons (Fsp3) is 0.640. The zero-order chi connectivity index (χ0) is 25.1. The Hall–Kier alpha value is -1.31. The van der Waals surface area contributed by atoms with Gasteiger partial charge in [-0.3, -0.25) is 19.7 Å². The summed E-state index contributed by atoms with van der Waals surface area (Å²) >= 11 is 8.21. The highest BCUT2D eigenvalue weighted by Crippen LogP contribution is 2.07. The van der Waals surface area contributed by atoms with Gasteiger partial charge in [0.2, 0.25) is 0 Å². The topological polar surface area (TPSA) is 72.5 Å². The first-order valence-electron chi connectivity index (χ1n) is 11.3. The van der Waals surface area contributed by atoms with Gasteiger partial charge >= 0.3 is 5.97 Å². The molecule has 0 amide bonds. The molecule has 0 saturated carbocycles. The van der Waals surface area contributed by atoms with Gasteiger partial charge in [-0.05, 0) is 58.4 Å². The van der Waals surface area contributed by atoms with Crippen LogP contribution in [0.2, 0.25) is 0 Å². The second-order valence-electron chi connectivity index (χ2n) is 7.60. The van der Waals surface area contributed by atoms with Crippen molar-refractivity contribution in [2.24, 2.45) is 0 Å². The zero-order valence-electron chi connectivity index (χ0n) is 20.8. The van der Waals surface area contributed by atoms with Crippen LogP contribution < -0.4 is 5.32 Å². The Morgan fingerprint density at radius 3 is 1.78 bits per heavy atom. The van der Waals surface area contributed by atoms with E-state index < -0.39 is 6.04 Å². The van der Waals surface area contributed by atoms with Crippen LogP contribution in [0.4, 0.5) is 0 Å². The van der Waals surface area contributed by atoms with Gasteiger partial charge in [-0.2, -0.15) is 25.3 Å². The van der Waals surface area contributed by atoms with Crippen molar-refractivity contribution in [1.29, 1.82) is 0 Å². The predicted molar refractivity (Wildman–Crippen MR) is 141 cm³/mol.